The number of ether oxygens (including phenoxy) is 1. The van der Waals surface area contributed by atoms with Crippen molar-refractivity contribution < 1.29 is 9.13 Å². The van der Waals surface area contributed by atoms with E-state index in [1.165, 1.54) is 13.2 Å². The van der Waals surface area contributed by atoms with Crippen LogP contribution in [0, 0.1) is 5.82 Å². The number of hydrogen-bond acceptors (Lipinski definition) is 4. The third kappa shape index (κ3) is 3.29. The fourth-order valence-corrected chi connectivity index (χ4v) is 1.78. The maximum atomic E-state index is 13.3. The highest BCUT2D eigenvalue weighted by molar-refractivity contribution is 5.39. The van der Waals surface area contributed by atoms with Crippen LogP contribution in [0.1, 0.15) is 18.5 Å². The Morgan fingerprint density at radius 1 is 1.37 bits per heavy atom. The van der Waals surface area contributed by atoms with Gasteiger partial charge in [0, 0.05) is 6.07 Å². The van der Waals surface area contributed by atoms with Gasteiger partial charge in [0.15, 0.2) is 11.6 Å². The largest absolute Gasteiger partial charge is 0.494 e. The van der Waals surface area contributed by atoms with Gasteiger partial charge in [-0.1, -0.05) is 5.21 Å². The van der Waals surface area contributed by atoms with Crippen molar-refractivity contribution in [2.45, 2.75) is 19.3 Å². The average molecular weight is 264 g/mol. The summed E-state index contributed by atoms with van der Waals surface area (Å²) in [5, 5.41) is 8.11. The van der Waals surface area contributed by atoms with Gasteiger partial charge in [0.25, 0.3) is 0 Å². The molecule has 1 heterocycles. The van der Waals surface area contributed by atoms with Gasteiger partial charge < -0.3 is 10.5 Å². The molecule has 0 atom stereocenters. The highest BCUT2D eigenvalue weighted by Gasteiger charge is 2.07. The molecule has 0 spiro atoms. The summed E-state index contributed by atoms with van der Waals surface area (Å²) in [6.07, 6.45) is 4.64. The van der Waals surface area contributed by atoms with Crippen molar-refractivity contribution in [1.82, 2.24) is 15.0 Å². The van der Waals surface area contributed by atoms with E-state index in [9.17, 15) is 4.39 Å². The number of hydrogen-bond donors (Lipinski definition) is 1. The van der Waals surface area contributed by atoms with Crippen LogP contribution in [0.5, 0.6) is 5.75 Å². The van der Waals surface area contributed by atoms with Gasteiger partial charge in [-0.2, -0.15) is 0 Å². The van der Waals surface area contributed by atoms with E-state index >= 15 is 0 Å². The Morgan fingerprint density at radius 2 is 2.21 bits per heavy atom. The lowest BCUT2D eigenvalue weighted by Gasteiger charge is -2.04. The first-order chi connectivity index (χ1) is 9.24. The second-order valence-electron chi connectivity index (χ2n) is 4.22. The maximum Gasteiger partial charge on any atom is 0.165 e. The fraction of sp³-hybridized carbons (Fsp3) is 0.385. The fourth-order valence-electron chi connectivity index (χ4n) is 1.78. The number of halogens is 1. The van der Waals surface area contributed by atoms with Crippen LogP contribution in [0.4, 0.5) is 4.39 Å². The molecule has 0 bridgehead atoms. The molecule has 2 aromatic rings. The van der Waals surface area contributed by atoms with E-state index in [0.29, 0.717) is 6.54 Å². The van der Waals surface area contributed by atoms with Gasteiger partial charge in [0.1, 0.15) is 0 Å². The molecule has 2 rings (SSSR count). The second-order valence-corrected chi connectivity index (χ2v) is 4.22. The van der Waals surface area contributed by atoms with Gasteiger partial charge in [0.05, 0.1) is 24.7 Å². The highest BCUT2D eigenvalue weighted by Crippen LogP contribution is 2.20. The molecule has 0 fully saturated rings. The smallest absolute Gasteiger partial charge is 0.165 e. The van der Waals surface area contributed by atoms with Crippen LogP contribution in [0.25, 0.3) is 5.69 Å². The minimum absolute atomic E-state index is 0.192. The van der Waals surface area contributed by atoms with Crippen LogP contribution < -0.4 is 10.5 Å². The average Bonchev–Trinajstić information content (AvgIpc) is 2.88. The van der Waals surface area contributed by atoms with Gasteiger partial charge >= 0.3 is 0 Å². The number of aryl methyl sites for hydroxylation is 1. The molecule has 102 valence electrons. The Labute approximate surface area is 111 Å². The first-order valence-electron chi connectivity index (χ1n) is 6.20. The standard InChI is InChI=1S/C13H17FN4O/c1-19-13-8-11(5-6-12(13)14)18-9-10(16-17-18)4-2-3-7-15/h5-6,8-9H,2-4,7,15H2,1H3. The van der Waals surface area contributed by atoms with Gasteiger partial charge in [-0.3, -0.25) is 0 Å². The lowest BCUT2D eigenvalue weighted by molar-refractivity contribution is 0.386. The van der Waals surface area contributed by atoms with Gasteiger partial charge in [0.2, 0.25) is 0 Å². The SMILES string of the molecule is COc1cc(-n2cc(CCCCN)nn2)ccc1F. The minimum atomic E-state index is -0.394. The van der Waals surface area contributed by atoms with Crippen molar-refractivity contribution >= 4 is 0 Å². The number of nitrogens with two attached hydrogens (primary N) is 1. The summed E-state index contributed by atoms with van der Waals surface area (Å²) in [6, 6.07) is 4.58. The summed E-state index contributed by atoms with van der Waals surface area (Å²) in [4.78, 5) is 0. The molecule has 0 aliphatic rings. The van der Waals surface area contributed by atoms with Gasteiger partial charge in [-0.05, 0) is 37.9 Å². The first kappa shape index (κ1) is 13.5. The Hall–Kier alpha value is -1.95. The van der Waals surface area contributed by atoms with Crippen LogP contribution in [0.15, 0.2) is 24.4 Å². The summed E-state index contributed by atoms with van der Waals surface area (Å²) in [7, 11) is 1.43. The summed E-state index contributed by atoms with van der Waals surface area (Å²) in [5.41, 5.74) is 7.06. The Kier molecular flexibility index (Phi) is 4.46. The van der Waals surface area contributed by atoms with E-state index in [0.717, 1.165) is 30.6 Å². The molecule has 0 saturated heterocycles. The van der Waals surface area contributed by atoms with E-state index in [1.54, 1.807) is 16.8 Å². The molecular weight excluding hydrogens is 247 g/mol. The van der Waals surface area contributed by atoms with Crippen LogP contribution in [0.2, 0.25) is 0 Å². The summed E-state index contributed by atoms with van der Waals surface area (Å²) in [6.45, 7) is 0.684. The van der Waals surface area contributed by atoms with E-state index in [1.807, 2.05) is 6.20 Å². The first-order valence-corrected chi connectivity index (χ1v) is 6.20. The van der Waals surface area contributed by atoms with Gasteiger partial charge in [-0.15, -0.1) is 5.10 Å². The quantitative estimate of drug-likeness (QED) is 0.806. The number of unbranched alkanes of at least 4 members (excludes halogenated alkanes) is 1. The zero-order valence-electron chi connectivity index (χ0n) is 10.8. The number of methoxy groups -OCH3 is 1. The van der Waals surface area contributed by atoms with Crippen LogP contribution in [-0.4, -0.2) is 28.6 Å². The van der Waals surface area contributed by atoms with Crippen LogP contribution in [0.3, 0.4) is 0 Å². The summed E-state index contributed by atoms with van der Waals surface area (Å²) < 4.78 is 19.9. The van der Waals surface area contributed by atoms with Crippen LogP contribution in [-0.2, 0) is 6.42 Å². The number of aromatic nitrogens is 3. The number of nitrogens with zero attached hydrogens (tertiary/aromatic N) is 3. The van der Waals surface area contributed by atoms with E-state index in [-0.39, 0.29) is 5.75 Å². The zero-order chi connectivity index (χ0) is 13.7. The molecule has 0 radical (unpaired) electrons. The molecule has 0 aliphatic carbocycles. The predicted octanol–water partition coefficient (Wildman–Crippen LogP) is 1.70. The Balaban J connectivity index is 2.13. The molecule has 19 heavy (non-hydrogen) atoms. The topological polar surface area (TPSA) is 66.0 Å². The zero-order valence-corrected chi connectivity index (χ0v) is 10.8. The molecule has 0 aliphatic heterocycles. The lowest BCUT2D eigenvalue weighted by atomic mass is 10.2. The maximum absolute atomic E-state index is 13.3. The molecule has 0 saturated carbocycles. The van der Waals surface area contributed by atoms with E-state index in [2.05, 4.69) is 10.3 Å². The molecule has 1 aromatic carbocycles. The summed E-state index contributed by atoms with van der Waals surface area (Å²) in [5.74, 6) is -0.202. The molecule has 0 unspecified atom stereocenters. The van der Waals surface area contributed by atoms with Crippen molar-refractivity contribution in [2.24, 2.45) is 5.73 Å². The third-order valence-corrected chi connectivity index (χ3v) is 2.83. The monoisotopic (exact) mass is 264 g/mol. The van der Waals surface area contributed by atoms with E-state index < -0.39 is 5.82 Å². The molecule has 2 N–H and O–H groups in total. The lowest BCUT2D eigenvalue weighted by Crippen LogP contribution is -1.99. The summed E-state index contributed by atoms with van der Waals surface area (Å²) >= 11 is 0. The Morgan fingerprint density at radius 3 is 2.95 bits per heavy atom. The van der Waals surface area contributed by atoms with Crippen LogP contribution >= 0.6 is 0 Å². The molecule has 5 nitrogen and oxygen atoms in total. The minimum Gasteiger partial charge on any atom is -0.494 e. The normalized spacial score (nSPS) is 10.7. The van der Waals surface area contributed by atoms with Crippen molar-refractivity contribution in [3.05, 3.63) is 35.9 Å². The van der Waals surface area contributed by atoms with Crippen molar-refractivity contribution in [2.75, 3.05) is 13.7 Å². The molecule has 0 amide bonds. The second kappa shape index (κ2) is 6.29. The number of benzene rings is 1. The third-order valence-electron chi connectivity index (χ3n) is 2.83. The van der Waals surface area contributed by atoms with Crippen molar-refractivity contribution in [1.29, 1.82) is 0 Å². The molecular formula is C13H17FN4O. The van der Waals surface area contributed by atoms with Gasteiger partial charge in [-0.25, -0.2) is 9.07 Å². The highest BCUT2D eigenvalue weighted by atomic mass is 19.1. The molecule has 1 aromatic heterocycles. The van der Waals surface area contributed by atoms with Crippen molar-refractivity contribution in [3.63, 3.8) is 0 Å². The van der Waals surface area contributed by atoms with Crippen molar-refractivity contribution in [3.8, 4) is 11.4 Å². The predicted molar refractivity (Wildman–Crippen MR) is 69.9 cm³/mol. The molecule has 6 heteroatoms. The Bertz CT molecular complexity index is 541. The van der Waals surface area contributed by atoms with E-state index in [4.69, 9.17) is 10.5 Å². The number of rotatable bonds is 6.